The average molecular weight is 480 g/mol. The fourth-order valence-corrected chi connectivity index (χ4v) is 3.39. The molecule has 1 aromatic heterocycles. The summed E-state index contributed by atoms with van der Waals surface area (Å²) in [5.41, 5.74) is 2.09. The summed E-state index contributed by atoms with van der Waals surface area (Å²) >= 11 is 3.46. The molecule has 0 fully saturated rings. The second kappa shape index (κ2) is 10.1. The van der Waals surface area contributed by atoms with Crippen molar-refractivity contribution in [2.75, 3.05) is 38.4 Å². The first-order chi connectivity index (χ1) is 14.9. The number of aromatic nitrogens is 1. The van der Waals surface area contributed by atoms with Gasteiger partial charge < -0.3 is 20.3 Å². The fourth-order valence-electron chi connectivity index (χ4n) is 2.99. The van der Waals surface area contributed by atoms with Gasteiger partial charge >= 0.3 is 0 Å². The maximum Gasteiger partial charge on any atom is 0.249 e. The highest BCUT2D eigenvalue weighted by molar-refractivity contribution is 9.10. The van der Waals surface area contributed by atoms with Gasteiger partial charge in [-0.2, -0.15) is 5.26 Å². The first kappa shape index (κ1) is 22.3. The maximum absolute atomic E-state index is 12.4. The van der Waals surface area contributed by atoms with Crippen LogP contribution in [0, 0.1) is 11.3 Å². The number of nitriles is 1. The van der Waals surface area contributed by atoms with Crippen LogP contribution in [0.25, 0.3) is 10.9 Å². The van der Waals surface area contributed by atoms with Crippen molar-refractivity contribution in [1.82, 2.24) is 9.88 Å². The molecule has 0 spiro atoms. The van der Waals surface area contributed by atoms with Crippen molar-refractivity contribution >= 4 is 49.9 Å². The molecule has 7 nitrogen and oxygen atoms in total. The van der Waals surface area contributed by atoms with E-state index in [1.807, 2.05) is 55.4 Å². The Kier molecular flexibility index (Phi) is 7.23. The molecule has 2 aromatic carbocycles. The van der Waals surface area contributed by atoms with Crippen molar-refractivity contribution in [2.24, 2.45) is 0 Å². The Labute approximate surface area is 189 Å². The molecule has 1 heterocycles. The zero-order chi connectivity index (χ0) is 22.4. The van der Waals surface area contributed by atoms with Crippen LogP contribution in [0.3, 0.4) is 0 Å². The Morgan fingerprint density at radius 2 is 2.06 bits per heavy atom. The number of fused-ring (bicyclic) bond motifs is 1. The summed E-state index contributed by atoms with van der Waals surface area (Å²) in [6.45, 7) is 0.618. The number of anilines is 3. The Morgan fingerprint density at radius 3 is 2.74 bits per heavy atom. The van der Waals surface area contributed by atoms with Gasteiger partial charge in [0.25, 0.3) is 0 Å². The van der Waals surface area contributed by atoms with Gasteiger partial charge in [-0.25, -0.2) is 4.98 Å². The predicted octanol–water partition coefficient (Wildman–Crippen LogP) is 4.68. The van der Waals surface area contributed by atoms with Gasteiger partial charge in [-0.3, -0.25) is 4.79 Å². The van der Waals surface area contributed by atoms with Crippen LogP contribution < -0.4 is 15.4 Å². The molecule has 0 unspecified atom stereocenters. The van der Waals surface area contributed by atoms with E-state index in [1.165, 1.54) is 6.08 Å². The van der Waals surface area contributed by atoms with E-state index in [9.17, 15) is 10.1 Å². The van der Waals surface area contributed by atoms with Gasteiger partial charge in [-0.05, 0) is 38.4 Å². The van der Waals surface area contributed by atoms with Crippen LogP contribution in [0.15, 0.2) is 59.1 Å². The van der Waals surface area contributed by atoms with Crippen LogP contribution in [0.4, 0.5) is 17.2 Å². The summed E-state index contributed by atoms with van der Waals surface area (Å²) in [6, 6.07) is 15.2. The Balaban J connectivity index is 2.12. The largest absolute Gasteiger partial charge is 0.494 e. The molecule has 0 bridgehead atoms. The topological polar surface area (TPSA) is 90.3 Å². The smallest absolute Gasteiger partial charge is 0.249 e. The van der Waals surface area contributed by atoms with Crippen LogP contribution in [0.2, 0.25) is 0 Å². The normalized spacial score (nSPS) is 11.0. The number of carbonyl (C=O) groups excluding carboxylic acids is 1. The lowest BCUT2D eigenvalue weighted by molar-refractivity contribution is -0.111. The van der Waals surface area contributed by atoms with Crippen molar-refractivity contribution in [2.45, 2.75) is 0 Å². The van der Waals surface area contributed by atoms with Crippen molar-refractivity contribution in [1.29, 1.82) is 5.26 Å². The summed E-state index contributed by atoms with van der Waals surface area (Å²) in [4.78, 5) is 18.9. The Bertz CT molecular complexity index is 1180. The molecule has 0 saturated carbocycles. The lowest BCUT2D eigenvalue weighted by Gasteiger charge is -2.16. The standard InChI is InChI=1S/C23H22BrN5O2/c1-29(2)12-6-11-20(30)27-23-18(14-25)21(26-16-8-4-7-15(24)13-16)17-9-5-10-19(31-3)22(17)28-23/h4-11,13H,12H2,1-3H3,(H2,26,27,28,30). The van der Waals surface area contributed by atoms with E-state index in [-0.39, 0.29) is 17.3 Å². The molecule has 0 saturated heterocycles. The molecule has 8 heteroatoms. The van der Waals surface area contributed by atoms with Gasteiger partial charge in [0, 0.05) is 28.2 Å². The zero-order valence-corrected chi connectivity index (χ0v) is 19.0. The van der Waals surface area contributed by atoms with Gasteiger partial charge in [0.1, 0.15) is 22.9 Å². The average Bonchev–Trinajstić information content (AvgIpc) is 2.73. The number of likely N-dealkylation sites (N-methyl/N-ethyl adjacent to an activating group) is 1. The minimum Gasteiger partial charge on any atom is -0.494 e. The number of amides is 1. The molecule has 0 aliphatic rings. The van der Waals surface area contributed by atoms with Crippen LogP contribution in [-0.2, 0) is 4.79 Å². The number of benzene rings is 2. The minimum atomic E-state index is -0.367. The van der Waals surface area contributed by atoms with Gasteiger partial charge in [-0.1, -0.05) is 40.2 Å². The third-order valence-corrected chi connectivity index (χ3v) is 4.88. The molecule has 31 heavy (non-hydrogen) atoms. The number of ether oxygens (including phenoxy) is 1. The summed E-state index contributed by atoms with van der Waals surface area (Å²) in [5, 5.41) is 16.7. The SMILES string of the molecule is COc1cccc2c(Nc3cccc(Br)c3)c(C#N)c(NC(=O)C=CCN(C)C)nc12. The van der Waals surface area contributed by atoms with E-state index in [4.69, 9.17) is 4.74 Å². The van der Waals surface area contributed by atoms with E-state index >= 15 is 0 Å². The molecule has 2 N–H and O–H groups in total. The van der Waals surface area contributed by atoms with Crippen LogP contribution in [-0.4, -0.2) is 43.5 Å². The number of methoxy groups -OCH3 is 1. The lowest BCUT2D eigenvalue weighted by atomic mass is 10.1. The van der Waals surface area contributed by atoms with E-state index in [0.717, 1.165) is 10.2 Å². The quantitative estimate of drug-likeness (QED) is 0.478. The molecule has 3 rings (SSSR count). The number of para-hydroxylation sites is 1. The molecular weight excluding hydrogens is 458 g/mol. The van der Waals surface area contributed by atoms with E-state index in [1.54, 1.807) is 19.3 Å². The first-order valence-electron chi connectivity index (χ1n) is 9.48. The van der Waals surface area contributed by atoms with Gasteiger partial charge in [0.2, 0.25) is 5.91 Å². The Morgan fingerprint density at radius 1 is 1.29 bits per heavy atom. The predicted molar refractivity (Wildman–Crippen MR) is 127 cm³/mol. The van der Waals surface area contributed by atoms with E-state index < -0.39 is 0 Å². The van der Waals surface area contributed by atoms with Crippen LogP contribution in [0.1, 0.15) is 5.56 Å². The summed E-state index contributed by atoms with van der Waals surface area (Å²) in [6.07, 6.45) is 3.17. The number of rotatable bonds is 7. The maximum atomic E-state index is 12.4. The number of halogens is 1. The second-order valence-corrected chi connectivity index (χ2v) is 7.88. The van der Waals surface area contributed by atoms with Crippen molar-refractivity contribution in [3.05, 3.63) is 64.7 Å². The first-order valence-corrected chi connectivity index (χ1v) is 10.3. The highest BCUT2D eigenvalue weighted by Crippen LogP contribution is 2.37. The molecule has 0 aliphatic carbocycles. The number of carbonyl (C=O) groups is 1. The van der Waals surface area contributed by atoms with E-state index in [2.05, 4.69) is 37.6 Å². The number of hydrogen-bond acceptors (Lipinski definition) is 6. The Hall–Kier alpha value is -3.41. The summed E-state index contributed by atoms with van der Waals surface area (Å²) in [5.74, 6) is 0.336. The monoisotopic (exact) mass is 479 g/mol. The molecular formula is C23H22BrN5O2. The van der Waals surface area contributed by atoms with Crippen molar-refractivity contribution < 1.29 is 9.53 Å². The van der Waals surface area contributed by atoms with Gasteiger partial charge in [0.05, 0.1) is 12.8 Å². The molecule has 0 radical (unpaired) electrons. The third kappa shape index (κ3) is 5.40. The third-order valence-electron chi connectivity index (χ3n) is 4.39. The van der Waals surface area contributed by atoms with Crippen LogP contribution >= 0.6 is 15.9 Å². The van der Waals surface area contributed by atoms with Crippen molar-refractivity contribution in [3.8, 4) is 11.8 Å². The summed E-state index contributed by atoms with van der Waals surface area (Å²) in [7, 11) is 5.37. The van der Waals surface area contributed by atoms with Gasteiger partial charge in [0.15, 0.2) is 5.82 Å². The molecule has 158 valence electrons. The molecule has 0 atom stereocenters. The van der Waals surface area contributed by atoms with Gasteiger partial charge in [-0.15, -0.1) is 0 Å². The minimum absolute atomic E-state index is 0.163. The number of nitrogens with one attached hydrogen (secondary N) is 2. The molecule has 1 amide bonds. The van der Waals surface area contributed by atoms with E-state index in [0.29, 0.717) is 28.9 Å². The lowest BCUT2D eigenvalue weighted by Crippen LogP contribution is -2.14. The second-order valence-electron chi connectivity index (χ2n) is 6.97. The zero-order valence-electron chi connectivity index (χ0n) is 17.4. The summed E-state index contributed by atoms with van der Waals surface area (Å²) < 4.78 is 6.36. The number of nitrogens with zero attached hydrogens (tertiary/aromatic N) is 3. The number of pyridine rings is 1. The van der Waals surface area contributed by atoms with Crippen molar-refractivity contribution in [3.63, 3.8) is 0 Å². The molecule has 3 aromatic rings. The highest BCUT2D eigenvalue weighted by Gasteiger charge is 2.19. The fraction of sp³-hybridized carbons (Fsp3) is 0.174. The highest BCUT2D eigenvalue weighted by atomic mass is 79.9. The number of hydrogen-bond donors (Lipinski definition) is 2. The van der Waals surface area contributed by atoms with Crippen LogP contribution in [0.5, 0.6) is 5.75 Å². The molecule has 0 aliphatic heterocycles.